The van der Waals surface area contributed by atoms with Gasteiger partial charge in [-0.2, -0.15) is 10.2 Å². The molecule has 0 spiro atoms. The number of hydrogen-bond acceptors (Lipinski definition) is 8. The zero-order valence-electron chi connectivity index (χ0n) is 22.8. The van der Waals surface area contributed by atoms with Crippen LogP contribution in [0.4, 0.5) is 0 Å². The molecule has 10 nitrogen and oxygen atoms in total. The van der Waals surface area contributed by atoms with Crippen LogP contribution < -0.4 is 20.3 Å². The first kappa shape index (κ1) is 33.5. The van der Waals surface area contributed by atoms with E-state index in [1.165, 1.54) is 36.7 Å². The first-order valence-corrected chi connectivity index (χ1v) is 15.1. The quantitative estimate of drug-likeness (QED) is 0.0589. The third kappa shape index (κ3) is 10.4. The fraction of sp³-hybridized carbons (Fsp3) is 0.0323. The molecule has 228 valence electrons. The van der Waals surface area contributed by atoms with Gasteiger partial charge in [0.25, 0.3) is 0 Å². The van der Waals surface area contributed by atoms with E-state index in [4.69, 9.17) is 32.7 Å². The van der Waals surface area contributed by atoms with Gasteiger partial charge in [0, 0.05) is 30.1 Å². The molecule has 45 heavy (non-hydrogen) atoms. The van der Waals surface area contributed by atoms with Crippen molar-refractivity contribution >= 4 is 91.2 Å². The number of benzene rings is 4. The summed E-state index contributed by atoms with van der Waals surface area (Å²) in [5.41, 5.74) is 5.82. The maximum Gasteiger partial charge on any atom is 0.343 e. The number of carbonyl (C=O) groups excluding carboxylic acids is 4. The number of ether oxygens (including phenoxy) is 2. The first-order valence-electron chi connectivity index (χ1n) is 12.8. The molecule has 0 saturated carbocycles. The summed E-state index contributed by atoms with van der Waals surface area (Å²) < 4.78 is 12.3. The van der Waals surface area contributed by atoms with Gasteiger partial charge < -0.3 is 9.47 Å². The Morgan fingerprint density at radius 3 is 1.38 bits per heavy atom. The topological polar surface area (TPSA) is 136 Å². The Bertz CT molecular complexity index is 1670. The Balaban J connectivity index is 1.31. The molecule has 0 aromatic heterocycles. The minimum Gasteiger partial charge on any atom is -0.422 e. The lowest BCUT2D eigenvalue weighted by atomic mass is 10.2. The summed E-state index contributed by atoms with van der Waals surface area (Å²) in [7, 11) is 0. The van der Waals surface area contributed by atoms with E-state index in [1.807, 2.05) is 0 Å². The number of rotatable bonds is 10. The van der Waals surface area contributed by atoms with Crippen molar-refractivity contribution in [1.82, 2.24) is 10.9 Å². The van der Waals surface area contributed by atoms with Crippen LogP contribution in [0.1, 0.15) is 38.3 Å². The summed E-state index contributed by atoms with van der Waals surface area (Å²) in [5, 5.41) is 8.68. The first-order chi connectivity index (χ1) is 21.6. The highest BCUT2D eigenvalue weighted by Gasteiger charge is 2.14. The number of hydrogen-bond donors (Lipinski definition) is 2. The lowest BCUT2D eigenvalue weighted by Gasteiger charge is -2.08. The van der Waals surface area contributed by atoms with Crippen LogP contribution in [0.2, 0.25) is 10.0 Å². The lowest BCUT2D eigenvalue weighted by Crippen LogP contribution is -2.27. The van der Waals surface area contributed by atoms with E-state index in [9.17, 15) is 19.2 Å². The van der Waals surface area contributed by atoms with E-state index in [0.29, 0.717) is 41.2 Å². The Hall–Kier alpha value is -4.36. The van der Waals surface area contributed by atoms with Gasteiger partial charge in [0.2, 0.25) is 11.8 Å². The second-order valence-corrected chi connectivity index (χ2v) is 11.6. The fourth-order valence-electron chi connectivity index (χ4n) is 3.49. The monoisotopic (exact) mass is 772 g/mol. The summed E-state index contributed by atoms with van der Waals surface area (Å²) in [6.45, 7) is 0. The Morgan fingerprint density at radius 1 is 0.622 bits per heavy atom. The molecule has 0 fully saturated rings. The maximum absolute atomic E-state index is 12.5. The lowest BCUT2D eigenvalue weighted by molar-refractivity contribution is -0.129. The zero-order valence-corrected chi connectivity index (χ0v) is 27.5. The van der Waals surface area contributed by atoms with Crippen LogP contribution in [-0.4, -0.2) is 36.2 Å². The molecule has 0 radical (unpaired) electrons. The van der Waals surface area contributed by atoms with E-state index in [1.54, 1.807) is 60.7 Å². The normalized spacial score (nSPS) is 10.9. The van der Waals surface area contributed by atoms with Gasteiger partial charge in [0.15, 0.2) is 0 Å². The van der Waals surface area contributed by atoms with Gasteiger partial charge in [-0.3, -0.25) is 9.59 Å². The van der Waals surface area contributed by atoms with Crippen molar-refractivity contribution < 1.29 is 28.7 Å². The Morgan fingerprint density at radius 2 is 1.00 bits per heavy atom. The SMILES string of the molecule is O=C(CC(=O)NN=Cc1cc(Br)ccc1OC(=O)c1ccc(Cl)cc1)NN=Cc1cc(Br)ccc1OC(=O)c1ccc(Cl)cc1. The molecule has 4 rings (SSSR count). The van der Waals surface area contributed by atoms with Crippen molar-refractivity contribution in [3.63, 3.8) is 0 Å². The molecular formula is C31H20Br2Cl2N4O6. The van der Waals surface area contributed by atoms with Crippen molar-refractivity contribution in [1.29, 1.82) is 0 Å². The zero-order chi connectivity index (χ0) is 32.3. The van der Waals surface area contributed by atoms with E-state index in [-0.39, 0.29) is 11.5 Å². The average Bonchev–Trinajstić information content (AvgIpc) is 3.00. The molecule has 2 N–H and O–H groups in total. The van der Waals surface area contributed by atoms with Crippen molar-refractivity contribution in [3.8, 4) is 11.5 Å². The largest absolute Gasteiger partial charge is 0.422 e. The minimum atomic E-state index is -0.728. The van der Waals surface area contributed by atoms with Crippen molar-refractivity contribution in [3.05, 3.63) is 126 Å². The third-order valence-corrected chi connectivity index (χ3v) is 7.11. The molecule has 0 bridgehead atoms. The second kappa shape index (κ2) is 16.1. The van der Waals surface area contributed by atoms with E-state index in [2.05, 4.69) is 52.9 Å². The Kier molecular flexibility index (Phi) is 12.0. The van der Waals surface area contributed by atoms with Crippen LogP contribution in [0.3, 0.4) is 0 Å². The summed E-state index contributed by atoms with van der Waals surface area (Å²) in [6.07, 6.45) is 1.94. The van der Waals surface area contributed by atoms with Gasteiger partial charge in [-0.25, -0.2) is 20.4 Å². The van der Waals surface area contributed by atoms with Crippen LogP contribution in [0.5, 0.6) is 11.5 Å². The van der Waals surface area contributed by atoms with Gasteiger partial charge >= 0.3 is 11.9 Å². The molecule has 0 aliphatic rings. The molecule has 0 saturated heterocycles. The van der Waals surface area contributed by atoms with Gasteiger partial charge in [0.1, 0.15) is 17.9 Å². The summed E-state index contributed by atoms with van der Waals surface area (Å²) >= 11 is 18.4. The highest BCUT2D eigenvalue weighted by Crippen LogP contribution is 2.24. The number of nitrogens with zero attached hydrogens (tertiary/aromatic N) is 2. The van der Waals surface area contributed by atoms with Gasteiger partial charge in [-0.15, -0.1) is 0 Å². The summed E-state index contributed by atoms with van der Waals surface area (Å²) in [4.78, 5) is 49.6. The number of hydrazone groups is 2. The molecule has 4 aromatic carbocycles. The molecule has 0 aliphatic carbocycles. The van der Waals surface area contributed by atoms with Crippen molar-refractivity contribution in [2.24, 2.45) is 10.2 Å². The highest BCUT2D eigenvalue weighted by atomic mass is 79.9. The second-order valence-electron chi connectivity index (χ2n) is 8.92. The molecule has 0 unspecified atom stereocenters. The van der Waals surface area contributed by atoms with Crippen LogP contribution in [0.25, 0.3) is 0 Å². The molecule has 4 aromatic rings. The summed E-state index contributed by atoms with van der Waals surface area (Å²) in [5.74, 6) is -2.30. The predicted molar refractivity (Wildman–Crippen MR) is 177 cm³/mol. The van der Waals surface area contributed by atoms with Crippen LogP contribution >= 0.6 is 55.1 Å². The molecule has 0 heterocycles. The standard InChI is InChI=1S/C31H20Br2Cl2N4O6/c32-22-5-11-26(44-30(42)18-1-7-24(34)8-2-18)20(13-22)16-36-38-28(40)15-29(41)39-37-17-21-14-23(33)6-12-27(21)45-31(43)19-3-9-25(35)10-4-19/h1-14,16-17H,15H2,(H,38,40)(H,39,41). The van der Waals surface area contributed by atoms with Crippen LogP contribution in [-0.2, 0) is 9.59 Å². The fourth-order valence-corrected chi connectivity index (χ4v) is 4.50. The maximum atomic E-state index is 12.5. The smallest absolute Gasteiger partial charge is 0.343 e. The van der Waals surface area contributed by atoms with Crippen molar-refractivity contribution in [2.45, 2.75) is 6.42 Å². The number of nitrogens with one attached hydrogen (secondary N) is 2. The highest BCUT2D eigenvalue weighted by molar-refractivity contribution is 9.10. The van der Waals surface area contributed by atoms with E-state index in [0.717, 1.165) is 0 Å². The molecule has 2 amide bonds. The van der Waals surface area contributed by atoms with E-state index >= 15 is 0 Å². The van der Waals surface area contributed by atoms with E-state index < -0.39 is 30.2 Å². The average molecular weight is 775 g/mol. The van der Waals surface area contributed by atoms with Gasteiger partial charge in [-0.05, 0) is 84.9 Å². The molecule has 14 heteroatoms. The van der Waals surface area contributed by atoms with Gasteiger partial charge in [-0.1, -0.05) is 55.1 Å². The molecule has 0 atom stereocenters. The predicted octanol–water partition coefficient (Wildman–Crippen LogP) is 6.95. The molecular weight excluding hydrogens is 755 g/mol. The van der Waals surface area contributed by atoms with Crippen molar-refractivity contribution in [2.75, 3.05) is 0 Å². The summed E-state index contributed by atoms with van der Waals surface area (Å²) in [6, 6.07) is 22.1. The molecule has 0 aliphatic heterocycles. The Labute approximate surface area is 283 Å². The number of amides is 2. The number of halogens is 4. The van der Waals surface area contributed by atoms with Crippen LogP contribution in [0.15, 0.2) is 104 Å². The number of carbonyl (C=O) groups is 4. The third-order valence-electron chi connectivity index (χ3n) is 5.62. The minimum absolute atomic E-state index is 0.189. The number of esters is 2. The van der Waals surface area contributed by atoms with Gasteiger partial charge in [0.05, 0.1) is 23.6 Å². The van der Waals surface area contributed by atoms with Crippen LogP contribution in [0, 0.1) is 0 Å².